The van der Waals surface area contributed by atoms with E-state index in [0.717, 1.165) is 0 Å². The highest BCUT2D eigenvalue weighted by Gasteiger charge is 2.10. The van der Waals surface area contributed by atoms with Crippen molar-refractivity contribution in [3.8, 4) is 0 Å². The first kappa shape index (κ1) is 8.26. The summed E-state index contributed by atoms with van der Waals surface area (Å²) in [5.41, 5.74) is 0.306. The highest BCUT2D eigenvalue weighted by atomic mass is 16.4. The highest BCUT2D eigenvalue weighted by molar-refractivity contribution is 5.91. The van der Waals surface area contributed by atoms with Gasteiger partial charge in [-0.25, -0.2) is 4.79 Å². The van der Waals surface area contributed by atoms with Gasteiger partial charge in [0, 0.05) is 4.79 Å². The van der Waals surface area contributed by atoms with Gasteiger partial charge < -0.3 is 10.2 Å². The van der Waals surface area contributed by atoms with Crippen LogP contribution in [-0.2, 0) is 0 Å². The second-order valence-electron chi connectivity index (χ2n) is 2.21. The molecular weight excluding hydrogens is 160 g/mol. The van der Waals surface area contributed by atoms with Gasteiger partial charge in [-0.1, -0.05) is 0 Å². The third-order valence-corrected chi connectivity index (χ3v) is 1.39. The van der Waals surface area contributed by atoms with Crippen LogP contribution in [0, 0.1) is 0 Å². The molecule has 0 saturated carbocycles. The number of carboxylic acid groups (broad SMARTS) is 1. The van der Waals surface area contributed by atoms with E-state index in [0.29, 0.717) is 0 Å². The van der Waals surface area contributed by atoms with Crippen molar-refractivity contribution in [2.24, 2.45) is 0 Å². The van der Waals surface area contributed by atoms with Crippen LogP contribution in [0.4, 0.5) is 0 Å². The molecule has 0 radical (unpaired) electrons. The van der Waals surface area contributed by atoms with Crippen LogP contribution in [0.15, 0.2) is 24.3 Å². The van der Waals surface area contributed by atoms with Crippen molar-refractivity contribution in [3.05, 3.63) is 35.4 Å². The molecule has 0 spiro atoms. The Hall–Kier alpha value is -1.84. The van der Waals surface area contributed by atoms with Gasteiger partial charge in [-0.2, -0.15) is 0 Å². The maximum atomic E-state index is 10.4. The molecule has 0 amide bonds. The zero-order valence-electron chi connectivity index (χ0n) is 6.07. The number of carbonyl (C=O) groups is 2. The number of benzene rings is 1. The first-order chi connectivity index (χ1) is 5.61. The first-order valence-electron chi connectivity index (χ1n) is 3.20. The SMILES string of the molecule is O=C(O)c1ccc(C(=O)[OH2+])cc1. The molecule has 1 aromatic carbocycles. The van der Waals surface area contributed by atoms with E-state index >= 15 is 0 Å². The van der Waals surface area contributed by atoms with Gasteiger partial charge in [0.05, 0.1) is 5.56 Å². The fourth-order valence-corrected chi connectivity index (χ4v) is 0.764. The van der Waals surface area contributed by atoms with Crippen LogP contribution in [0.25, 0.3) is 0 Å². The van der Waals surface area contributed by atoms with E-state index in [1.165, 1.54) is 24.3 Å². The molecule has 0 atom stereocenters. The molecule has 0 saturated heterocycles. The standard InChI is InChI=1S/C8H6O4/c9-7(10)5-1-2-6(4-3-5)8(11)12/h1-4H,(H,9,10)(H,11,12)/p+1. The fourth-order valence-electron chi connectivity index (χ4n) is 0.764. The van der Waals surface area contributed by atoms with Crippen molar-refractivity contribution in [1.82, 2.24) is 0 Å². The lowest BCUT2D eigenvalue weighted by Crippen LogP contribution is -1.99. The van der Waals surface area contributed by atoms with E-state index in [2.05, 4.69) is 0 Å². The van der Waals surface area contributed by atoms with E-state index in [-0.39, 0.29) is 11.1 Å². The Morgan fingerprint density at radius 2 is 1.50 bits per heavy atom. The normalized spacial score (nSPS) is 9.33. The van der Waals surface area contributed by atoms with Crippen LogP contribution in [0.2, 0.25) is 0 Å². The minimum Gasteiger partial charge on any atom is -0.561 e. The predicted octanol–water partition coefficient (Wildman–Crippen LogP) is 0.250. The zero-order valence-corrected chi connectivity index (χ0v) is 6.07. The first-order valence-corrected chi connectivity index (χ1v) is 3.20. The molecule has 0 bridgehead atoms. The van der Waals surface area contributed by atoms with Gasteiger partial charge in [0.25, 0.3) is 0 Å². The molecule has 4 heteroatoms. The lowest BCUT2D eigenvalue weighted by molar-refractivity contribution is 0.0681. The molecule has 1 rings (SSSR count). The Morgan fingerprint density at radius 1 is 1.08 bits per heavy atom. The average Bonchev–Trinajstić information content (AvgIpc) is 2.04. The summed E-state index contributed by atoms with van der Waals surface area (Å²) in [4.78, 5) is 20.8. The summed E-state index contributed by atoms with van der Waals surface area (Å²) < 4.78 is 0. The van der Waals surface area contributed by atoms with E-state index < -0.39 is 11.9 Å². The number of aromatic carboxylic acids is 1. The van der Waals surface area contributed by atoms with E-state index in [1.807, 2.05) is 0 Å². The summed E-state index contributed by atoms with van der Waals surface area (Å²) >= 11 is 0. The number of carbonyl (C=O) groups excluding carboxylic acids is 1. The van der Waals surface area contributed by atoms with E-state index in [9.17, 15) is 9.59 Å². The maximum absolute atomic E-state index is 10.4. The lowest BCUT2D eigenvalue weighted by atomic mass is 10.1. The molecule has 0 aliphatic heterocycles. The smallest absolute Gasteiger partial charge is 0.549 e. The van der Waals surface area contributed by atoms with Crippen molar-refractivity contribution in [3.63, 3.8) is 0 Å². The Bertz CT molecular complexity index is 279. The Balaban J connectivity index is 3.01. The van der Waals surface area contributed by atoms with Gasteiger partial charge in [0.15, 0.2) is 0 Å². The number of carboxylic acids is 1. The third-order valence-electron chi connectivity index (χ3n) is 1.39. The molecule has 62 valence electrons. The predicted molar refractivity (Wildman–Crippen MR) is 41.3 cm³/mol. The molecule has 0 unspecified atom stereocenters. The van der Waals surface area contributed by atoms with Crippen LogP contribution in [0.1, 0.15) is 20.7 Å². The van der Waals surface area contributed by atoms with E-state index in [4.69, 9.17) is 10.2 Å². The number of hydrogen-bond acceptors (Lipinski definition) is 2. The zero-order chi connectivity index (χ0) is 9.14. The Labute approximate surface area is 68.1 Å². The van der Waals surface area contributed by atoms with Gasteiger partial charge >= 0.3 is 11.9 Å². The summed E-state index contributed by atoms with van der Waals surface area (Å²) in [6.45, 7) is 0. The molecular formula is C8H7O4+. The van der Waals surface area contributed by atoms with E-state index in [1.54, 1.807) is 0 Å². The molecule has 1 aromatic rings. The summed E-state index contributed by atoms with van der Waals surface area (Å²) in [5.74, 6) is -1.86. The lowest BCUT2D eigenvalue weighted by Gasteiger charge is -1.92. The number of hydrogen-bond donors (Lipinski definition) is 1. The molecule has 0 heterocycles. The van der Waals surface area contributed by atoms with Gasteiger partial charge in [0.2, 0.25) is 0 Å². The van der Waals surface area contributed by atoms with Crippen LogP contribution in [0.3, 0.4) is 0 Å². The Morgan fingerprint density at radius 3 is 1.83 bits per heavy atom. The highest BCUT2D eigenvalue weighted by Crippen LogP contribution is 2.03. The second kappa shape index (κ2) is 3.04. The average molecular weight is 167 g/mol. The topological polar surface area (TPSA) is 77.3 Å². The molecule has 0 fully saturated rings. The van der Waals surface area contributed by atoms with Gasteiger partial charge in [-0.15, -0.1) is 0 Å². The minimum absolute atomic E-state index is 0.111. The van der Waals surface area contributed by atoms with Crippen LogP contribution < -0.4 is 0 Å². The number of rotatable bonds is 2. The summed E-state index contributed by atoms with van der Waals surface area (Å²) in [7, 11) is 0. The minimum atomic E-state index is -1.04. The molecule has 0 aromatic heterocycles. The molecule has 3 N–H and O–H groups in total. The molecule has 12 heavy (non-hydrogen) atoms. The van der Waals surface area contributed by atoms with Crippen LogP contribution in [0.5, 0.6) is 0 Å². The van der Waals surface area contributed by atoms with Gasteiger partial charge in [-0.05, 0) is 24.3 Å². The molecule has 0 aliphatic rings. The summed E-state index contributed by atoms with van der Waals surface area (Å²) in [6, 6.07) is 5.23. The molecule has 4 nitrogen and oxygen atoms in total. The monoisotopic (exact) mass is 167 g/mol. The van der Waals surface area contributed by atoms with Gasteiger partial charge in [-0.3, -0.25) is 0 Å². The third kappa shape index (κ3) is 1.60. The van der Waals surface area contributed by atoms with Crippen molar-refractivity contribution in [2.45, 2.75) is 0 Å². The maximum Gasteiger partial charge on any atom is 0.549 e. The Kier molecular flexibility index (Phi) is 2.09. The van der Waals surface area contributed by atoms with Crippen molar-refractivity contribution < 1.29 is 19.8 Å². The van der Waals surface area contributed by atoms with Crippen LogP contribution in [-0.4, -0.2) is 22.2 Å². The largest absolute Gasteiger partial charge is 0.561 e. The van der Waals surface area contributed by atoms with Crippen molar-refractivity contribution >= 4 is 11.9 Å². The fraction of sp³-hybridized carbons (Fsp3) is 0. The van der Waals surface area contributed by atoms with Crippen LogP contribution >= 0.6 is 0 Å². The van der Waals surface area contributed by atoms with Crippen molar-refractivity contribution in [1.29, 1.82) is 0 Å². The summed E-state index contributed by atoms with van der Waals surface area (Å²) in [6.07, 6.45) is 0. The molecule has 0 aliphatic carbocycles. The summed E-state index contributed by atoms with van der Waals surface area (Å²) in [5, 5.41) is 15.2. The van der Waals surface area contributed by atoms with Gasteiger partial charge in [0.1, 0.15) is 5.56 Å². The quantitative estimate of drug-likeness (QED) is 0.641. The van der Waals surface area contributed by atoms with Crippen molar-refractivity contribution in [2.75, 3.05) is 0 Å². The second-order valence-corrected chi connectivity index (χ2v) is 2.21.